The molecule has 1 saturated heterocycles. The first kappa shape index (κ1) is 12.4. The smallest absolute Gasteiger partial charge is 0.136 e. The van der Waals surface area contributed by atoms with E-state index in [1.165, 1.54) is 0 Å². The van der Waals surface area contributed by atoms with Gasteiger partial charge in [-0.1, -0.05) is 17.7 Å². The largest absolute Gasteiger partial charge is 0.365 e. The van der Waals surface area contributed by atoms with Crippen LogP contribution >= 0.6 is 11.6 Å². The number of ketones is 1. The fraction of sp³-hybridized carbons (Fsp3) is 0.500. The topological polar surface area (TPSA) is 20.3 Å². The van der Waals surface area contributed by atoms with Crippen LogP contribution in [0.1, 0.15) is 32.3 Å². The lowest BCUT2D eigenvalue weighted by Gasteiger charge is -2.43. The SMILES string of the molecule is Cc1ccc(N2CCC(=O)CC2(C)C)cc1Cl. The molecule has 1 aromatic rings. The Morgan fingerprint density at radius 3 is 2.65 bits per heavy atom. The van der Waals surface area contributed by atoms with Crippen molar-refractivity contribution < 1.29 is 4.79 Å². The third kappa shape index (κ3) is 2.47. The van der Waals surface area contributed by atoms with Gasteiger partial charge in [0.25, 0.3) is 0 Å². The lowest BCUT2D eigenvalue weighted by molar-refractivity contribution is -0.121. The summed E-state index contributed by atoms with van der Waals surface area (Å²) in [5, 5.41) is 0.787. The molecule has 0 aliphatic carbocycles. The molecule has 2 nitrogen and oxygen atoms in total. The predicted molar refractivity (Wildman–Crippen MR) is 71.9 cm³/mol. The van der Waals surface area contributed by atoms with E-state index >= 15 is 0 Å². The molecule has 1 fully saturated rings. The second-order valence-corrected chi connectivity index (χ2v) is 5.77. The second kappa shape index (κ2) is 4.34. The van der Waals surface area contributed by atoms with Gasteiger partial charge < -0.3 is 4.90 Å². The summed E-state index contributed by atoms with van der Waals surface area (Å²) in [4.78, 5) is 13.8. The summed E-state index contributed by atoms with van der Waals surface area (Å²) in [7, 11) is 0. The summed E-state index contributed by atoms with van der Waals surface area (Å²) in [6.45, 7) is 7.00. The van der Waals surface area contributed by atoms with Crippen LogP contribution in [-0.4, -0.2) is 17.9 Å². The fourth-order valence-electron chi connectivity index (χ4n) is 2.43. The number of benzene rings is 1. The van der Waals surface area contributed by atoms with Crippen LogP contribution < -0.4 is 4.90 Å². The van der Waals surface area contributed by atoms with Crippen molar-refractivity contribution in [1.82, 2.24) is 0 Å². The molecule has 1 aliphatic rings. The molecule has 0 N–H and O–H groups in total. The summed E-state index contributed by atoms with van der Waals surface area (Å²) in [5.41, 5.74) is 2.08. The van der Waals surface area contributed by atoms with Crippen molar-refractivity contribution in [3.8, 4) is 0 Å². The van der Waals surface area contributed by atoms with Gasteiger partial charge in [-0.25, -0.2) is 0 Å². The molecule has 0 saturated carbocycles. The highest BCUT2D eigenvalue weighted by Crippen LogP contribution is 2.33. The molecule has 17 heavy (non-hydrogen) atoms. The van der Waals surface area contributed by atoms with Gasteiger partial charge in [0.1, 0.15) is 5.78 Å². The zero-order valence-corrected chi connectivity index (χ0v) is 11.3. The highest BCUT2D eigenvalue weighted by molar-refractivity contribution is 6.31. The minimum absolute atomic E-state index is 0.117. The molecule has 0 spiro atoms. The molecule has 0 bridgehead atoms. The highest BCUT2D eigenvalue weighted by Gasteiger charge is 2.33. The first-order valence-corrected chi connectivity index (χ1v) is 6.33. The number of carbonyl (C=O) groups is 1. The normalized spacial score (nSPS) is 19.5. The van der Waals surface area contributed by atoms with E-state index in [0.717, 1.165) is 22.8 Å². The van der Waals surface area contributed by atoms with Gasteiger partial charge in [0, 0.05) is 35.6 Å². The Morgan fingerprint density at radius 2 is 2.06 bits per heavy atom. The Kier molecular flexibility index (Phi) is 3.17. The molecular weight excluding hydrogens is 234 g/mol. The number of halogens is 1. The Bertz CT molecular complexity index is 454. The highest BCUT2D eigenvalue weighted by atomic mass is 35.5. The maximum absolute atomic E-state index is 11.5. The monoisotopic (exact) mass is 251 g/mol. The molecule has 0 radical (unpaired) electrons. The van der Waals surface area contributed by atoms with Gasteiger partial charge >= 0.3 is 0 Å². The Balaban J connectivity index is 2.32. The number of carbonyl (C=O) groups excluding carboxylic acids is 1. The number of nitrogens with zero attached hydrogens (tertiary/aromatic N) is 1. The van der Waals surface area contributed by atoms with Crippen molar-refractivity contribution in [2.75, 3.05) is 11.4 Å². The van der Waals surface area contributed by atoms with E-state index in [1.807, 2.05) is 19.1 Å². The van der Waals surface area contributed by atoms with E-state index in [0.29, 0.717) is 18.6 Å². The molecule has 3 heteroatoms. The molecule has 0 aromatic heterocycles. The van der Waals surface area contributed by atoms with Crippen LogP contribution in [0.3, 0.4) is 0 Å². The predicted octanol–water partition coefficient (Wildman–Crippen LogP) is 3.60. The van der Waals surface area contributed by atoms with E-state index in [1.54, 1.807) is 0 Å². The van der Waals surface area contributed by atoms with Gasteiger partial charge in [-0.2, -0.15) is 0 Å². The molecule has 1 aliphatic heterocycles. The quantitative estimate of drug-likeness (QED) is 0.760. The van der Waals surface area contributed by atoms with Crippen molar-refractivity contribution in [2.45, 2.75) is 39.2 Å². The summed E-state index contributed by atoms with van der Waals surface area (Å²) < 4.78 is 0. The number of rotatable bonds is 1. The molecular formula is C14H18ClNO. The van der Waals surface area contributed by atoms with Crippen LogP contribution in [0.2, 0.25) is 5.02 Å². The summed E-state index contributed by atoms with van der Waals surface area (Å²) >= 11 is 6.16. The number of aryl methyl sites for hydroxylation is 1. The van der Waals surface area contributed by atoms with E-state index in [9.17, 15) is 4.79 Å². The van der Waals surface area contributed by atoms with Crippen molar-refractivity contribution >= 4 is 23.1 Å². The Hall–Kier alpha value is -1.02. The van der Waals surface area contributed by atoms with Gasteiger partial charge in [-0.15, -0.1) is 0 Å². The fourth-order valence-corrected chi connectivity index (χ4v) is 2.61. The van der Waals surface area contributed by atoms with Gasteiger partial charge in [0.05, 0.1) is 0 Å². The van der Waals surface area contributed by atoms with Crippen molar-refractivity contribution in [2.24, 2.45) is 0 Å². The molecule has 0 unspecified atom stereocenters. The number of hydrogen-bond donors (Lipinski definition) is 0. The minimum Gasteiger partial charge on any atom is -0.365 e. The number of Topliss-reactive ketones (excluding diaryl/α,β-unsaturated/α-hetero) is 1. The number of anilines is 1. The van der Waals surface area contributed by atoms with Crippen LogP contribution in [0.5, 0.6) is 0 Å². The molecule has 92 valence electrons. The summed E-state index contributed by atoms with van der Waals surface area (Å²) in [6.07, 6.45) is 1.24. The van der Waals surface area contributed by atoms with Gasteiger partial charge in [0.2, 0.25) is 0 Å². The molecule has 0 atom stereocenters. The maximum atomic E-state index is 11.5. The zero-order chi connectivity index (χ0) is 12.6. The first-order valence-electron chi connectivity index (χ1n) is 5.96. The maximum Gasteiger partial charge on any atom is 0.136 e. The van der Waals surface area contributed by atoms with Gasteiger partial charge in [0.15, 0.2) is 0 Å². The molecule has 1 aromatic carbocycles. The van der Waals surface area contributed by atoms with E-state index < -0.39 is 0 Å². The Labute approximate surface area is 108 Å². The van der Waals surface area contributed by atoms with Gasteiger partial charge in [-0.3, -0.25) is 4.79 Å². The lowest BCUT2D eigenvalue weighted by Crippen LogP contribution is -2.50. The standard InChI is InChI=1S/C14H18ClNO/c1-10-4-5-11(8-13(10)15)16-7-6-12(17)9-14(16,2)3/h4-5,8H,6-7,9H2,1-3H3. The average molecular weight is 252 g/mol. The third-order valence-electron chi connectivity index (χ3n) is 3.44. The average Bonchev–Trinajstić information content (AvgIpc) is 2.21. The molecule has 1 heterocycles. The minimum atomic E-state index is -0.117. The van der Waals surface area contributed by atoms with Crippen LogP contribution in [-0.2, 0) is 4.79 Å². The Morgan fingerprint density at radius 1 is 1.35 bits per heavy atom. The van der Waals surface area contributed by atoms with Gasteiger partial charge in [-0.05, 0) is 38.5 Å². The van der Waals surface area contributed by atoms with Crippen molar-refractivity contribution in [3.63, 3.8) is 0 Å². The van der Waals surface area contributed by atoms with Crippen LogP contribution in [0.25, 0.3) is 0 Å². The van der Waals surface area contributed by atoms with E-state index in [4.69, 9.17) is 11.6 Å². The lowest BCUT2D eigenvalue weighted by atomic mass is 9.89. The van der Waals surface area contributed by atoms with Crippen LogP contribution in [0.4, 0.5) is 5.69 Å². The van der Waals surface area contributed by atoms with Crippen molar-refractivity contribution in [3.05, 3.63) is 28.8 Å². The second-order valence-electron chi connectivity index (χ2n) is 5.36. The molecule has 2 rings (SSSR count). The van der Waals surface area contributed by atoms with Crippen LogP contribution in [0, 0.1) is 6.92 Å². The summed E-state index contributed by atoms with van der Waals surface area (Å²) in [6, 6.07) is 6.11. The van der Waals surface area contributed by atoms with Crippen molar-refractivity contribution in [1.29, 1.82) is 0 Å². The third-order valence-corrected chi connectivity index (χ3v) is 3.85. The summed E-state index contributed by atoms with van der Waals surface area (Å²) in [5.74, 6) is 0.351. The zero-order valence-electron chi connectivity index (χ0n) is 10.6. The molecule has 0 amide bonds. The van der Waals surface area contributed by atoms with E-state index in [-0.39, 0.29) is 5.54 Å². The number of piperidine rings is 1. The van der Waals surface area contributed by atoms with Crippen LogP contribution in [0.15, 0.2) is 18.2 Å². The van der Waals surface area contributed by atoms with E-state index in [2.05, 4.69) is 24.8 Å². The number of hydrogen-bond acceptors (Lipinski definition) is 2. The first-order chi connectivity index (χ1) is 7.90.